The number of halogens is 1. The van der Waals surface area contributed by atoms with Crippen molar-refractivity contribution in [2.75, 3.05) is 13.6 Å². The number of hydrogen-bond donors (Lipinski definition) is 1. The molecule has 0 unspecified atom stereocenters. The van der Waals surface area contributed by atoms with Crippen LogP contribution in [0.15, 0.2) is 12.3 Å². The average Bonchev–Trinajstić information content (AvgIpc) is 2.14. The van der Waals surface area contributed by atoms with Gasteiger partial charge in [0.05, 0.1) is 16.2 Å². The summed E-state index contributed by atoms with van der Waals surface area (Å²) in [6, 6.07) is 1.65. The number of likely N-dealkylation sites (N-methyl/N-ethyl adjacent to an activating group) is 1. The highest BCUT2D eigenvalue weighted by Crippen LogP contribution is 2.18. The van der Waals surface area contributed by atoms with Crippen LogP contribution in [0.3, 0.4) is 0 Å². The highest BCUT2D eigenvalue weighted by Gasteiger charge is 2.22. The van der Waals surface area contributed by atoms with Gasteiger partial charge in [0.2, 0.25) is 0 Å². The predicted octanol–water partition coefficient (Wildman–Crippen LogP) is 1.89. The van der Waals surface area contributed by atoms with Crippen molar-refractivity contribution >= 4 is 17.5 Å². The van der Waals surface area contributed by atoms with E-state index >= 15 is 0 Å². The van der Waals surface area contributed by atoms with Gasteiger partial charge in [-0.15, -0.1) is 0 Å². The van der Waals surface area contributed by atoms with Gasteiger partial charge in [0.15, 0.2) is 0 Å². The molecule has 1 amide bonds. The molecule has 0 aliphatic carbocycles. The Kier molecular flexibility index (Phi) is 4.11. The fourth-order valence-corrected chi connectivity index (χ4v) is 1.83. The minimum Gasteiger partial charge on any atom is -0.389 e. The fourth-order valence-electron chi connectivity index (χ4n) is 1.54. The molecule has 0 aliphatic rings. The van der Waals surface area contributed by atoms with Gasteiger partial charge >= 0.3 is 0 Å². The van der Waals surface area contributed by atoms with E-state index in [1.54, 1.807) is 33.9 Å². The zero-order chi connectivity index (χ0) is 13.2. The van der Waals surface area contributed by atoms with Crippen molar-refractivity contribution in [3.63, 3.8) is 0 Å². The highest BCUT2D eigenvalue weighted by molar-refractivity contribution is 6.33. The molecule has 1 heterocycles. The van der Waals surface area contributed by atoms with Crippen LogP contribution >= 0.6 is 11.6 Å². The number of hydrogen-bond acceptors (Lipinski definition) is 3. The Morgan fingerprint density at radius 3 is 2.65 bits per heavy atom. The quantitative estimate of drug-likeness (QED) is 0.899. The van der Waals surface area contributed by atoms with Gasteiger partial charge in [0, 0.05) is 25.5 Å². The maximum atomic E-state index is 12.0. The molecule has 0 saturated carbocycles. The smallest absolute Gasteiger partial charge is 0.256 e. The second-order valence-electron chi connectivity index (χ2n) is 4.78. The van der Waals surface area contributed by atoms with E-state index in [0.29, 0.717) is 10.6 Å². The van der Waals surface area contributed by atoms with Gasteiger partial charge in [-0.25, -0.2) is 0 Å². The second kappa shape index (κ2) is 5.02. The van der Waals surface area contributed by atoms with Crippen LogP contribution in [0, 0.1) is 6.92 Å². The molecular formula is C12H17ClN2O2. The molecule has 94 valence electrons. The minimum absolute atomic E-state index is 0.232. The normalized spacial score (nSPS) is 11.4. The van der Waals surface area contributed by atoms with E-state index in [9.17, 15) is 9.90 Å². The van der Waals surface area contributed by atoms with E-state index in [1.807, 2.05) is 0 Å². The standard InChI is InChI=1S/C12H17ClN2O2/c1-8-5-10(13)9(6-14-8)11(16)15(4)7-12(2,3)17/h5-6,17H,7H2,1-4H3. The van der Waals surface area contributed by atoms with Crippen LogP contribution in [0.25, 0.3) is 0 Å². The molecule has 0 bridgehead atoms. The SMILES string of the molecule is Cc1cc(Cl)c(C(=O)N(C)CC(C)(C)O)cn1. The molecule has 0 saturated heterocycles. The molecule has 1 aromatic heterocycles. The zero-order valence-electron chi connectivity index (χ0n) is 10.5. The van der Waals surface area contributed by atoms with Gasteiger partial charge in [-0.3, -0.25) is 9.78 Å². The first kappa shape index (κ1) is 13.9. The Balaban J connectivity index is 2.89. The third-order valence-electron chi connectivity index (χ3n) is 2.19. The summed E-state index contributed by atoms with van der Waals surface area (Å²) in [7, 11) is 1.62. The minimum atomic E-state index is -0.936. The highest BCUT2D eigenvalue weighted by atomic mass is 35.5. The topological polar surface area (TPSA) is 53.4 Å². The third kappa shape index (κ3) is 3.98. The molecule has 0 radical (unpaired) electrons. The molecule has 1 N–H and O–H groups in total. The number of amides is 1. The van der Waals surface area contributed by atoms with Crippen LogP contribution in [0.4, 0.5) is 0 Å². The molecule has 5 heteroatoms. The summed E-state index contributed by atoms with van der Waals surface area (Å²) < 4.78 is 0. The molecule has 0 aromatic carbocycles. The Bertz CT molecular complexity index is 427. The van der Waals surface area contributed by atoms with Gasteiger partial charge < -0.3 is 10.0 Å². The number of aryl methyl sites for hydroxylation is 1. The molecule has 0 fully saturated rings. The lowest BCUT2D eigenvalue weighted by atomic mass is 10.1. The first-order valence-corrected chi connectivity index (χ1v) is 5.68. The van der Waals surface area contributed by atoms with Crippen LogP contribution in [-0.2, 0) is 0 Å². The van der Waals surface area contributed by atoms with E-state index in [-0.39, 0.29) is 12.5 Å². The van der Waals surface area contributed by atoms with Gasteiger partial charge in [-0.05, 0) is 26.8 Å². The monoisotopic (exact) mass is 256 g/mol. The van der Waals surface area contributed by atoms with Crippen molar-refractivity contribution in [1.29, 1.82) is 0 Å². The van der Waals surface area contributed by atoms with Crippen molar-refractivity contribution in [3.8, 4) is 0 Å². The molecular weight excluding hydrogens is 240 g/mol. The number of carbonyl (C=O) groups is 1. The lowest BCUT2D eigenvalue weighted by Crippen LogP contribution is -2.39. The van der Waals surface area contributed by atoms with Crippen molar-refractivity contribution in [2.45, 2.75) is 26.4 Å². The average molecular weight is 257 g/mol. The number of rotatable bonds is 3. The summed E-state index contributed by atoms with van der Waals surface area (Å²) in [5, 5.41) is 10.0. The van der Waals surface area contributed by atoms with E-state index in [0.717, 1.165) is 5.69 Å². The molecule has 4 nitrogen and oxygen atoms in total. The molecule has 17 heavy (non-hydrogen) atoms. The Morgan fingerprint density at radius 1 is 1.59 bits per heavy atom. The Labute approximate surface area is 106 Å². The number of aromatic nitrogens is 1. The summed E-state index contributed by atoms with van der Waals surface area (Å²) in [5.74, 6) is -0.246. The molecule has 0 atom stereocenters. The van der Waals surface area contributed by atoms with Crippen molar-refractivity contribution in [1.82, 2.24) is 9.88 Å². The number of nitrogens with zero attached hydrogens (tertiary/aromatic N) is 2. The first-order chi connectivity index (χ1) is 7.70. The van der Waals surface area contributed by atoms with E-state index in [2.05, 4.69) is 4.98 Å². The number of pyridine rings is 1. The molecule has 0 aliphatic heterocycles. The van der Waals surface area contributed by atoms with Crippen LogP contribution in [-0.4, -0.2) is 40.1 Å². The molecule has 1 aromatic rings. The van der Waals surface area contributed by atoms with Crippen LogP contribution < -0.4 is 0 Å². The molecule has 0 spiro atoms. The number of carbonyl (C=O) groups excluding carboxylic acids is 1. The van der Waals surface area contributed by atoms with Crippen LogP contribution in [0.5, 0.6) is 0 Å². The third-order valence-corrected chi connectivity index (χ3v) is 2.50. The maximum Gasteiger partial charge on any atom is 0.256 e. The first-order valence-electron chi connectivity index (χ1n) is 5.31. The zero-order valence-corrected chi connectivity index (χ0v) is 11.2. The second-order valence-corrected chi connectivity index (χ2v) is 5.19. The summed E-state index contributed by atoms with van der Waals surface area (Å²) >= 11 is 5.99. The Hall–Kier alpha value is -1.13. The van der Waals surface area contributed by atoms with Gasteiger partial charge in [-0.2, -0.15) is 0 Å². The summed E-state index contributed by atoms with van der Waals surface area (Å²) in [6.45, 7) is 5.33. The van der Waals surface area contributed by atoms with Crippen molar-refractivity contribution in [2.24, 2.45) is 0 Å². The summed E-state index contributed by atoms with van der Waals surface area (Å²) in [5.41, 5.74) is 0.176. The molecule has 1 rings (SSSR count). The van der Waals surface area contributed by atoms with Crippen molar-refractivity contribution in [3.05, 3.63) is 28.5 Å². The lowest BCUT2D eigenvalue weighted by Gasteiger charge is -2.25. The summed E-state index contributed by atoms with van der Waals surface area (Å²) in [6.07, 6.45) is 1.46. The van der Waals surface area contributed by atoms with E-state index < -0.39 is 5.60 Å². The van der Waals surface area contributed by atoms with Crippen LogP contribution in [0.1, 0.15) is 29.9 Å². The van der Waals surface area contributed by atoms with Crippen LogP contribution in [0.2, 0.25) is 5.02 Å². The lowest BCUT2D eigenvalue weighted by molar-refractivity contribution is 0.0367. The predicted molar refractivity (Wildman–Crippen MR) is 67.2 cm³/mol. The summed E-state index contributed by atoms with van der Waals surface area (Å²) in [4.78, 5) is 17.5. The van der Waals surface area contributed by atoms with Crippen molar-refractivity contribution < 1.29 is 9.90 Å². The van der Waals surface area contributed by atoms with Gasteiger partial charge in [0.25, 0.3) is 5.91 Å². The largest absolute Gasteiger partial charge is 0.389 e. The van der Waals surface area contributed by atoms with Gasteiger partial charge in [0.1, 0.15) is 0 Å². The fraction of sp³-hybridized carbons (Fsp3) is 0.500. The Morgan fingerprint density at radius 2 is 2.18 bits per heavy atom. The maximum absolute atomic E-state index is 12.0. The van der Waals surface area contributed by atoms with Gasteiger partial charge in [-0.1, -0.05) is 11.6 Å². The number of aliphatic hydroxyl groups is 1. The van der Waals surface area contributed by atoms with E-state index in [4.69, 9.17) is 11.6 Å². The van der Waals surface area contributed by atoms with E-state index in [1.165, 1.54) is 11.1 Å².